The molecule has 4 nitrogen and oxygen atoms in total. The van der Waals surface area contributed by atoms with Gasteiger partial charge in [-0.05, 0) is 44.5 Å². The lowest BCUT2D eigenvalue weighted by atomic mass is 9.66. The maximum atomic E-state index is 4.78. The summed E-state index contributed by atoms with van der Waals surface area (Å²) >= 11 is 0. The van der Waals surface area contributed by atoms with E-state index in [0.717, 1.165) is 5.65 Å². The van der Waals surface area contributed by atoms with Crippen LogP contribution in [0.4, 0.5) is 0 Å². The molecule has 1 unspecified atom stereocenters. The van der Waals surface area contributed by atoms with Crippen molar-refractivity contribution in [3.05, 3.63) is 24.2 Å². The molecular formula is C17H25N4+. The fourth-order valence-corrected chi connectivity index (χ4v) is 4.79. The van der Waals surface area contributed by atoms with Gasteiger partial charge in [0.2, 0.25) is 0 Å². The maximum Gasteiger partial charge on any atom is 0.301 e. The monoisotopic (exact) mass is 285 g/mol. The van der Waals surface area contributed by atoms with Gasteiger partial charge in [-0.1, -0.05) is 12.8 Å². The van der Waals surface area contributed by atoms with Crippen LogP contribution in [-0.4, -0.2) is 34.1 Å². The van der Waals surface area contributed by atoms with Crippen LogP contribution in [0.25, 0.3) is 11.2 Å². The van der Waals surface area contributed by atoms with Gasteiger partial charge in [-0.3, -0.25) is 4.57 Å². The Hall–Kier alpha value is -1.42. The number of hydrogen-bond donors (Lipinski definition) is 0. The molecular weight excluding hydrogens is 260 g/mol. The lowest BCUT2D eigenvalue weighted by Crippen LogP contribution is -2.43. The minimum absolute atomic E-state index is 0.344. The normalized spacial score (nSPS) is 30.0. The lowest BCUT2D eigenvalue weighted by molar-refractivity contribution is -0.647. The summed E-state index contributed by atoms with van der Waals surface area (Å²) in [5.74, 6) is 0. The van der Waals surface area contributed by atoms with E-state index in [1.165, 1.54) is 49.7 Å². The van der Waals surface area contributed by atoms with Crippen LogP contribution >= 0.6 is 0 Å². The number of hydrogen-bond acceptors (Lipinski definition) is 2. The van der Waals surface area contributed by atoms with Crippen LogP contribution < -0.4 is 4.57 Å². The molecule has 0 N–H and O–H groups in total. The molecule has 2 aromatic heterocycles. The van der Waals surface area contributed by atoms with Crippen LogP contribution in [0.15, 0.2) is 18.6 Å². The summed E-state index contributed by atoms with van der Waals surface area (Å²) in [7, 11) is 6.48. The summed E-state index contributed by atoms with van der Waals surface area (Å²) in [4.78, 5) is 7.36. The summed E-state index contributed by atoms with van der Waals surface area (Å²) < 4.78 is 4.30. The molecule has 0 radical (unpaired) electrons. The summed E-state index contributed by atoms with van der Waals surface area (Å²) in [5, 5.41) is 0. The third kappa shape index (κ3) is 1.78. The van der Waals surface area contributed by atoms with Gasteiger partial charge in [0.15, 0.2) is 11.8 Å². The third-order valence-corrected chi connectivity index (χ3v) is 5.91. The minimum Gasteiger partial charge on any atom is -0.302 e. The molecule has 2 fully saturated rings. The number of aryl methyl sites for hydroxylation is 2. The number of likely N-dealkylation sites (tertiary alicyclic amines) is 1. The summed E-state index contributed by atoms with van der Waals surface area (Å²) in [5.41, 5.74) is 4.14. The highest BCUT2D eigenvalue weighted by Gasteiger charge is 2.48. The average molecular weight is 285 g/mol. The molecule has 4 heteroatoms. The Kier molecular flexibility index (Phi) is 2.86. The quantitative estimate of drug-likeness (QED) is 0.748. The molecule has 1 aliphatic carbocycles. The molecule has 0 amide bonds. The molecule has 2 aliphatic rings. The van der Waals surface area contributed by atoms with Crippen LogP contribution in [0, 0.1) is 0 Å². The van der Waals surface area contributed by atoms with E-state index >= 15 is 0 Å². The number of fused-ring (bicyclic) bond motifs is 2. The van der Waals surface area contributed by atoms with Gasteiger partial charge < -0.3 is 4.90 Å². The molecule has 1 saturated carbocycles. The Balaban J connectivity index is 1.86. The zero-order valence-electron chi connectivity index (χ0n) is 13.3. The number of nitrogens with zero attached hydrogens (tertiary/aromatic N) is 4. The van der Waals surface area contributed by atoms with Crippen molar-refractivity contribution in [3.63, 3.8) is 0 Å². The van der Waals surface area contributed by atoms with Crippen molar-refractivity contribution in [3.8, 4) is 0 Å². The molecule has 0 aromatic carbocycles. The molecule has 21 heavy (non-hydrogen) atoms. The maximum absolute atomic E-state index is 4.78. The van der Waals surface area contributed by atoms with Crippen molar-refractivity contribution in [2.45, 2.75) is 43.6 Å². The van der Waals surface area contributed by atoms with E-state index in [9.17, 15) is 0 Å². The highest BCUT2D eigenvalue weighted by Crippen LogP contribution is 2.48. The molecule has 112 valence electrons. The molecule has 1 saturated heterocycles. The van der Waals surface area contributed by atoms with E-state index in [4.69, 9.17) is 4.98 Å². The van der Waals surface area contributed by atoms with Gasteiger partial charge >= 0.3 is 5.65 Å². The zero-order chi connectivity index (χ0) is 14.6. The van der Waals surface area contributed by atoms with Crippen LogP contribution in [0.5, 0.6) is 0 Å². The van der Waals surface area contributed by atoms with Crippen molar-refractivity contribution >= 4 is 11.2 Å². The SMILES string of the molecule is CN1CC[C@]2(c3cnc4c(c3)n(C)c[n+]4C)CCCCC12. The largest absolute Gasteiger partial charge is 0.302 e. The molecule has 0 spiro atoms. The van der Waals surface area contributed by atoms with Crippen molar-refractivity contribution < 1.29 is 4.57 Å². The standard InChI is InChI=1S/C17H25N4/c1-19-9-8-17(7-5-4-6-15(17)19)13-10-14-16(18-11-13)21(3)12-20(14)2/h10-12,15H,4-9H2,1-3H3/q+1/t15?,17-/m0/s1. The first-order valence-electron chi connectivity index (χ1n) is 8.13. The van der Waals surface area contributed by atoms with E-state index in [0.29, 0.717) is 11.5 Å². The van der Waals surface area contributed by atoms with E-state index in [1.54, 1.807) is 0 Å². The topological polar surface area (TPSA) is 24.9 Å². The van der Waals surface area contributed by atoms with Gasteiger partial charge in [-0.25, -0.2) is 4.57 Å². The smallest absolute Gasteiger partial charge is 0.301 e. The van der Waals surface area contributed by atoms with Gasteiger partial charge in [-0.15, -0.1) is 4.98 Å². The van der Waals surface area contributed by atoms with Crippen molar-refractivity contribution in [2.24, 2.45) is 14.1 Å². The minimum atomic E-state index is 0.344. The number of rotatable bonds is 1. The number of aromatic nitrogens is 3. The lowest BCUT2D eigenvalue weighted by Gasteiger charge is -2.41. The van der Waals surface area contributed by atoms with Crippen molar-refractivity contribution in [2.75, 3.05) is 13.6 Å². The second kappa shape index (κ2) is 4.54. The second-order valence-corrected chi connectivity index (χ2v) is 7.05. The van der Waals surface area contributed by atoms with E-state index in [2.05, 4.69) is 53.8 Å². The van der Waals surface area contributed by atoms with Crippen LogP contribution in [0.2, 0.25) is 0 Å². The number of imidazole rings is 1. The van der Waals surface area contributed by atoms with Crippen LogP contribution in [-0.2, 0) is 19.5 Å². The van der Waals surface area contributed by atoms with Gasteiger partial charge in [0, 0.05) is 11.5 Å². The summed E-state index contributed by atoms with van der Waals surface area (Å²) in [6.07, 6.45) is 11.0. The molecule has 3 heterocycles. The molecule has 0 bridgehead atoms. The average Bonchev–Trinajstić information content (AvgIpc) is 2.99. The van der Waals surface area contributed by atoms with Crippen molar-refractivity contribution in [1.82, 2.24) is 14.5 Å². The first-order chi connectivity index (χ1) is 10.1. The van der Waals surface area contributed by atoms with E-state index in [1.807, 2.05) is 0 Å². The molecule has 4 rings (SSSR count). The second-order valence-electron chi connectivity index (χ2n) is 7.05. The summed E-state index contributed by atoms with van der Waals surface area (Å²) in [6, 6.07) is 3.11. The fraction of sp³-hybridized carbons (Fsp3) is 0.647. The zero-order valence-corrected chi connectivity index (χ0v) is 13.3. The molecule has 1 aliphatic heterocycles. The fourth-order valence-electron chi connectivity index (χ4n) is 4.79. The van der Waals surface area contributed by atoms with Gasteiger partial charge in [-0.2, -0.15) is 0 Å². The first kappa shape index (κ1) is 13.3. The highest BCUT2D eigenvalue weighted by molar-refractivity contribution is 5.68. The number of pyridine rings is 1. The van der Waals surface area contributed by atoms with Gasteiger partial charge in [0.25, 0.3) is 0 Å². The Morgan fingerprint density at radius 2 is 2.14 bits per heavy atom. The number of likely N-dealkylation sites (N-methyl/N-ethyl adjacent to an activating group) is 1. The molecule has 2 atom stereocenters. The Labute approximate surface area is 126 Å². The summed E-state index contributed by atoms with van der Waals surface area (Å²) in [6.45, 7) is 1.23. The Bertz CT molecular complexity index is 685. The van der Waals surface area contributed by atoms with E-state index < -0.39 is 0 Å². The predicted molar refractivity (Wildman–Crippen MR) is 83.1 cm³/mol. The highest BCUT2D eigenvalue weighted by atomic mass is 15.2. The molecule has 2 aromatic rings. The van der Waals surface area contributed by atoms with Gasteiger partial charge in [0.1, 0.15) is 6.20 Å². The first-order valence-corrected chi connectivity index (χ1v) is 8.13. The van der Waals surface area contributed by atoms with Gasteiger partial charge in [0.05, 0.1) is 14.1 Å². The van der Waals surface area contributed by atoms with Crippen molar-refractivity contribution in [1.29, 1.82) is 0 Å². The van der Waals surface area contributed by atoms with Crippen LogP contribution in [0.3, 0.4) is 0 Å². The Morgan fingerprint density at radius 1 is 1.29 bits per heavy atom. The Morgan fingerprint density at radius 3 is 3.00 bits per heavy atom. The third-order valence-electron chi connectivity index (χ3n) is 5.91. The van der Waals surface area contributed by atoms with Crippen LogP contribution in [0.1, 0.15) is 37.7 Å². The van der Waals surface area contributed by atoms with E-state index in [-0.39, 0.29) is 0 Å². The predicted octanol–water partition coefficient (Wildman–Crippen LogP) is 1.91.